The smallest absolute Gasteiger partial charge is 0.295 e. The Balaban J connectivity index is 1.72. The second-order valence-electron chi connectivity index (χ2n) is 5.21. The first kappa shape index (κ1) is 14.2. The predicted molar refractivity (Wildman–Crippen MR) is 79.1 cm³/mol. The van der Waals surface area contributed by atoms with Gasteiger partial charge in [0.2, 0.25) is 5.89 Å². The van der Waals surface area contributed by atoms with Crippen LogP contribution < -0.4 is 5.32 Å². The lowest BCUT2D eigenvalue weighted by atomic mass is 10.2. The van der Waals surface area contributed by atoms with Gasteiger partial charge in [0, 0.05) is 11.9 Å². The van der Waals surface area contributed by atoms with Gasteiger partial charge >= 0.3 is 0 Å². The lowest BCUT2D eigenvalue weighted by molar-refractivity contribution is 0.0729. The first-order chi connectivity index (χ1) is 10.2. The van der Waals surface area contributed by atoms with E-state index >= 15 is 0 Å². The van der Waals surface area contributed by atoms with Gasteiger partial charge in [-0.2, -0.15) is 4.98 Å². The van der Waals surface area contributed by atoms with E-state index < -0.39 is 0 Å². The van der Waals surface area contributed by atoms with E-state index in [1.54, 1.807) is 23.3 Å². The maximum Gasteiger partial charge on any atom is 0.295 e. The summed E-state index contributed by atoms with van der Waals surface area (Å²) in [6.45, 7) is 2.94. The number of hydrogen-bond donors (Lipinski definition) is 1. The van der Waals surface area contributed by atoms with Crippen LogP contribution in [-0.4, -0.2) is 34.5 Å². The quantitative estimate of drug-likeness (QED) is 0.939. The monoisotopic (exact) mass is 306 g/mol. The second kappa shape index (κ2) is 5.95. The average molecular weight is 306 g/mol. The molecule has 6 nitrogen and oxygen atoms in total. The molecule has 2 unspecified atom stereocenters. The Morgan fingerprint density at radius 2 is 2.48 bits per heavy atom. The minimum Gasteiger partial charge on any atom is -0.337 e. The molecule has 21 heavy (non-hydrogen) atoms. The Morgan fingerprint density at radius 1 is 1.62 bits per heavy atom. The Bertz CT molecular complexity index is 604. The van der Waals surface area contributed by atoms with Crippen LogP contribution >= 0.6 is 11.3 Å². The Morgan fingerprint density at radius 3 is 3.14 bits per heavy atom. The minimum absolute atomic E-state index is 0.0101. The van der Waals surface area contributed by atoms with Crippen LogP contribution in [0.4, 0.5) is 0 Å². The molecule has 1 aliphatic rings. The number of nitrogens with zero attached hydrogens (tertiary/aromatic N) is 3. The molecular formula is C14H18N4O2S. The zero-order chi connectivity index (χ0) is 14.8. The molecule has 3 heterocycles. The van der Waals surface area contributed by atoms with Gasteiger partial charge in [0.05, 0.1) is 12.1 Å². The summed E-state index contributed by atoms with van der Waals surface area (Å²) in [6.07, 6.45) is 2.06. The van der Waals surface area contributed by atoms with Gasteiger partial charge in [-0.1, -0.05) is 11.2 Å². The summed E-state index contributed by atoms with van der Waals surface area (Å²) >= 11 is 1.63. The highest BCUT2D eigenvalue weighted by Crippen LogP contribution is 2.25. The highest BCUT2D eigenvalue weighted by Gasteiger charge is 2.27. The van der Waals surface area contributed by atoms with E-state index in [9.17, 15) is 4.79 Å². The second-order valence-corrected chi connectivity index (χ2v) is 6.19. The van der Waals surface area contributed by atoms with Crippen molar-refractivity contribution < 1.29 is 9.32 Å². The minimum atomic E-state index is -0.219. The van der Waals surface area contributed by atoms with Crippen LogP contribution in [0.2, 0.25) is 0 Å². The Labute approximate surface area is 127 Å². The molecule has 1 N–H and O–H groups in total. The number of hydrogen-bond acceptors (Lipinski definition) is 6. The number of nitrogens with one attached hydrogen (secondary N) is 1. The van der Waals surface area contributed by atoms with Crippen LogP contribution in [0.15, 0.2) is 22.0 Å². The lowest BCUT2D eigenvalue weighted by Gasteiger charge is -2.22. The molecule has 0 bridgehead atoms. The summed E-state index contributed by atoms with van der Waals surface area (Å²) in [5.74, 6) is 0.418. The van der Waals surface area contributed by atoms with Crippen LogP contribution in [0.1, 0.15) is 53.2 Å². The molecule has 2 aromatic heterocycles. The Kier molecular flexibility index (Phi) is 4.03. The first-order valence-electron chi connectivity index (χ1n) is 7.04. The van der Waals surface area contributed by atoms with Crippen molar-refractivity contribution in [3.05, 3.63) is 34.1 Å². The zero-order valence-electron chi connectivity index (χ0n) is 12.1. The number of thiophene rings is 1. The molecule has 7 heteroatoms. The van der Waals surface area contributed by atoms with Gasteiger partial charge in [0.15, 0.2) is 0 Å². The van der Waals surface area contributed by atoms with Crippen molar-refractivity contribution in [2.24, 2.45) is 0 Å². The first-order valence-corrected chi connectivity index (χ1v) is 7.92. The lowest BCUT2D eigenvalue weighted by Crippen LogP contribution is -2.30. The largest absolute Gasteiger partial charge is 0.337 e. The third-order valence-electron chi connectivity index (χ3n) is 3.85. The summed E-state index contributed by atoms with van der Waals surface area (Å²) in [5, 5.41) is 9.11. The van der Waals surface area contributed by atoms with Crippen LogP contribution in [-0.2, 0) is 0 Å². The summed E-state index contributed by atoms with van der Waals surface area (Å²) in [6, 6.07) is 4.07. The number of carbonyl (C=O) groups is 1. The van der Waals surface area contributed by atoms with Crippen molar-refractivity contribution in [2.75, 3.05) is 13.6 Å². The molecular weight excluding hydrogens is 288 g/mol. The molecule has 0 aromatic carbocycles. The molecule has 1 amide bonds. The van der Waals surface area contributed by atoms with Crippen LogP contribution in [0.3, 0.4) is 0 Å². The zero-order valence-corrected chi connectivity index (χ0v) is 12.9. The molecule has 1 aliphatic heterocycles. The van der Waals surface area contributed by atoms with Crippen molar-refractivity contribution in [3.8, 4) is 0 Å². The molecule has 3 rings (SSSR count). The number of rotatable bonds is 4. The SMILES string of the molecule is CC(c1cccs1)N(C)C(=O)c1noc(C2CCCN2)n1. The summed E-state index contributed by atoms with van der Waals surface area (Å²) in [5.41, 5.74) is 0. The number of aromatic nitrogens is 2. The normalized spacial score (nSPS) is 19.6. The van der Waals surface area contributed by atoms with Crippen molar-refractivity contribution in [2.45, 2.75) is 31.8 Å². The fourth-order valence-corrected chi connectivity index (χ4v) is 3.24. The predicted octanol–water partition coefficient (Wildman–Crippen LogP) is 2.39. The maximum atomic E-state index is 12.4. The van der Waals surface area contributed by atoms with Gasteiger partial charge in [0.1, 0.15) is 0 Å². The fourth-order valence-electron chi connectivity index (χ4n) is 2.41. The van der Waals surface area contributed by atoms with Gasteiger partial charge in [-0.05, 0) is 37.8 Å². The molecule has 0 saturated carbocycles. The van der Waals surface area contributed by atoms with E-state index in [2.05, 4.69) is 15.5 Å². The standard InChI is InChI=1S/C14H18N4O2S/c1-9(11-6-4-8-21-11)18(2)14(19)12-16-13(20-17-12)10-5-3-7-15-10/h4,6,8-10,15H,3,5,7H2,1-2H3. The molecule has 2 atom stereocenters. The van der Waals surface area contributed by atoms with Gasteiger partial charge in [0.25, 0.3) is 11.7 Å². The Hall–Kier alpha value is -1.73. The van der Waals surface area contributed by atoms with Gasteiger partial charge in [-0.15, -0.1) is 11.3 Å². The van der Waals surface area contributed by atoms with E-state index in [1.165, 1.54) is 0 Å². The van der Waals surface area contributed by atoms with Crippen LogP contribution in [0, 0.1) is 0 Å². The highest BCUT2D eigenvalue weighted by molar-refractivity contribution is 7.10. The van der Waals surface area contributed by atoms with Crippen molar-refractivity contribution >= 4 is 17.2 Å². The summed E-state index contributed by atoms with van der Waals surface area (Å²) < 4.78 is 5.22. The van der Waals surface area contributed by atoms with E-state index in [1.807, 2.05) is 24.4 Å². The van der Waals surface area contributed by atoms with E-state index in [-0.39, 0.29) is 23.8 Å². The fraction of sp³-hybridized carbons (Fsp3) is 0.500. The summed E-state index contributed by atoms with van der Waals surface area (Å²) in [7, 11) is 1.76. The molecule has 0 spiro atoms. The van der Waals surface area contributed by atoms with E-state index in [4.69, 9.17) is 4.52 Å². The topological polar surface area (TPSA) is 71.3 Å². The maximum absolute atomic E-state index is 12.4. The molecule has 1 fully saturated rings. The summed E-state index contributed by atoms with van der Waals surface area (Å²) in [4.78, 5) is 19.5. The van der Waals surface area contributed by atoms with E-state index in [0.717, 1.165) is 24.3 Å². The molecule has 112 valence electrons. The van der Waals surface area contributed by atoms with Crippen LogP contribution in [0.25, 0.3) is 0 Å². The van der Waals surface area contributed by atoms with Gasteiger partial charge in [-0.3, -0.25) is 4.79 Å². The van der Waals surface area contributed by atoms with Crippen molar-refractivity contribution in [1.29, 1.82) is 0 Å². The number of amides is 1. The molecule has 0 radical (unpaired) electrons. The van der Waals surface area contributed by atoms with Crippen molar-refractivity contribution in [1.82, 2.24) is 20.4 Å². The number of carbonyl (C=O) groups excluding carboxylic acids is 1. The average Bonchev–Trinajstić information content (AvgIpc) is 3.26. The molecule has 2 aromatic rings. The third kappa shape index (κ3) is 2.84. The molecule has 1 saturated heterocycles. The van der Waals surface area contributed by atoms with Crippen LogP contribution in [0.5, 0.6) is 0 Å². The van der Waals surface area contributed by atoms with E-state index in [0.29, 0.717) is 5.89 Å². The highest BCUT2D eigenvalue weighted by atomic mass is 32.1. The third-order valence-corrected chi connectivity index (χ3v) is 4.89. The molecule has 0 aliphatic carbocycles. The van der Waals surface area contributed by atoms with Crippen molar-refractivity contribution in [3.63, 3.8) is 0 Å². The van der Waals surface area contributed by atoms with Gasteiger partial charge < -0.3 is 14.7 Å². The van der Waals surface area contributed by atoms with Gasteiger partial charge in [-0.25, -0.2) is 0 Å².